The molecule has 0 radical (unpaired) electrons. The Bertz CT molecular complexity index is 1160. The summed E-state index contributed by atoms with van der Waals surface area (Å²) in [7, 11) is 0. The van der Waals surface area contributed by atoms with Crippen LogP contribution in [0.1, 0.15) is 18.1 Å². The Balaban J connectivity index is 1.40. The molecule has 2 aromatic carbocycles. The minimum absolute atomic E-state index is 0.0541. The highest BCUT2D eigenvalue weighted by Crippen LogP contribution is 2.26. The number of hydrogen-bond acceptors (Lipinski definition) is 4. The summed E-state index contributed by atoms with van der Waals surface area (Å²) in [6.07, 6.45) is 2.16. The molecule has 2 aromatic heterocycles. The van der Waals surface area contributed by atoms with E-state index in [1.165, 1.54) is 18.3 Å². The van der Waals surface area contributed by atoms with Crippen molar-refractivity contribution in [3.63, 3.8) is 0 Å². The van der Waals surface area contributed by atoms with E-state index in [1.807, 2.05) is 60.1 Å². The molecule has 7 heteroatoms. The number of benzene rings is 2. The Morgan fingerprint density at radius 1 is 1.10 bits per heavy atom. The number of rotatable bonds is 6. The molecule has 0 aliphatic carbocycles. The second-order valence-corrected chi connectivity index (χ2v) is 7.59. The number of hydrogen-bond donors (Lipinski definition) is 3. The van der Waals surface area contributed by atoms with E-state index in [0.29, 0.717) is 11.7 Å². The van der Waals surface area contributed by atoms with Gasteiger partial charge in [0.05, 0.1) is 12.1 Å². The summed E-state index contributed by atoms with van der Waals surface area (Å²) in [5.41, 5.74) is 4.78. The first-order valence-corrected chi connectivity index (χ1v) is 10.1. The molecule has 4 aromatic rings. The predicted molar refractivity (Wildman–Crippen MR) is 116 cm³/mol. The molecule has 0 bridgehead atoms. The summed E-state index contributed by atoms with van der Waals surface area (Å²) in [4.78, 5) is 31.2. The first kappa shape index (κ1) is 18.9. The van der Waals surface area contributed by atoms with Crippen molar-refractivity contribution in [3.05, 3.63) is 71.2 Å². The molecule has 2 amide bonds. The van der Waals surface area contributed by atoms with E-state index in [4.69, 9.17) is 0 Å². The SMILES string of the molecule is CC(=O)NCc1ccc(-c2csc(NC(=O)Cc3c[nH]c4ccccc34)n2)cc1. The number of anilines is 1. The number of carbonyl (C=O) groups excluding carboxylic acids is 2. The highest BCUT2D eigenvalue weighted by molar-refractivity contribution is 7.14. The average molecular weight is 404 g/mol. The lowest BCUT2D eigenvalue weighted by Crippen LogP contribution is -2.18. The van der Waals surface area contributed by atoms with E-state index in [2.05, 4.69) is 20.6 Å². The Morgan fingerprint density at radius 3 is 2.69 bits per heavy atom. The number of nitrogens with one attached hydrogen (secondary N) is 3. The topological polar surface area (TPSA) is 86.9 Å². The van der Waals surface area contributed by atoms with Crippen molar-refractivity contribution in [1.29, 1.82) is 0 Å². The van der Waals surface area contributed by atoms with Crippen molar-refractivity contribution in [1.82, 2.24) is 15.3 Å². The van der Waals surface area contributed by atoms with Crippen LogP contribution in [0.2, 0.25) is 0 Å². The van der Waals surface area contributed by atoms with Crippen molar-refractivity contribution in [2.75, 3.05) is 5.32 Å². The molecule has 0 spiro atoms. The van der Waals surface area contributed by atoms with Gasteiger partial charge in [-0.05, 0) is 17.2 Å². The van der Waals surface area contributed by atoms with Gasteiger partial charge in [-0.25, -0.2) is 4.98 Å². The number of fused-ring (bicyclic) bond motifs is 1. The molecule has 3 N–H and O–H groups in total. The molecule has 0 fully saturated rings. The van der Waals surface area contributed by atoms with E-state index in [9.17, 15) is 9.59 Å². The van der Waals surface area contributed by atoms with Gasteiger partial charge in [-0.15, -0.1) is 11.3 Å². The number of aromatic amines is 1. The quantitative estimate of drug-likeness (QED) is 0.452. The van der Waals surface area contributed by atoms with Crippen molar-refractivity contribution >= 4 is 39.2 Å². The Hall–Kier alpha value is -3.45. The normalized spacial score (nSPS) is 10.8. The van der Waals surface area contributed by atoms with Gasteiger partial charge in [0.15, 0.2) is 5.13 Å². The Labute approximate surface area is 172 Å². The monoisotopic (exact) mass is 404 g/mol. The molecule has 0 unspecified atom stereocenters. The second-order valence-electron chi connectivity index (χ2n) is 6.73. The summed E-state index contributed by atoms with van der Waals surface area (Å²) in [5, 5.41) is 9.21. The molecular formula is C22H20N4O2S. The fraction of sp³-hybridized carbons (Fsp3) is 0.136. The van der Waals surface area contributed by atoms with Gasteiger partial charge < -0.3 is 15.6 Å². The maximum absolute atomic E-state index is 12.4. The summed E-state index contributed by atoms with van der Waals surface area (Å²) < 4.78 is 0. The maximum Gasteiger partial charge on any atom is 0.230 e. The number of H-pyrrole nitrogens is 1. The number of aromatic nitrogens is 2. The third-order valence-corrected chi connectivity index (χ3v) is 5.33. The smallest absolute Gasteiger partial charge is 0.230 e. The largest absolute Gasteiger partial charge is 0.361 e. The van der Waals surface area contributed by atoms with Gasteiger partial charge in [0.1, 0.15) is 0 Å². The van der Waals surface area contributed by atoms with Gasteiger partial charge in [-0.3, -0.25) is 9.59 Å². The standard InChI is InChI=1S/C22H20N4O2S/c1-14(27)23-11-15-6-8-16(9-7-15)20-13-29-22(25-20)26-21(28)10-17-12-24-19-5-3-2-4-18(17)19/h2-9,12-13,24H,10-11H2,1H3,(H,23,27)(H,25,26,28). The fourth-order valence-electron chi connectivity index (χ4n) is 3.10. The molecule has 2 heterocycles. The zero-order valence-corrected chi connectivity index (χ0v) is 16.7. The fourth-order valence-corrected chi connectivity index (χ4v) is 3.83. The number of amides is 2. The Morgan fingerprint density at radius 2 is 1.90 bits per heavy atom. The third-order valence-electron chi connectivity index (χ3n) is 4.57. The van der Waals surface area contributed by atoms with Gasteiger partial charge in [0.2, 0.25) is 11.8 Å². The van der Waals surface area contributed by atoms with Gasteiger partial charge in [0, 0.05) is 41.5 Å². The molecule has 0 atom stereocenters. The number of nitrogens with zero attached hydrogens (tertiary/aromatic N) is 1. The number of carbonyl (C=O) groups is 2. The minimum atomic E-state index is -0.0960. The van der Waals surface area contributed by atoms with Crippen LogP contribution in [0.25, 0.3) is 22.2 Å². The summed E-state index contributed by atoms with van der Waals surface area (Å²) in [6, 6.07) is 15.8. The van der Waals surface area contributed by atoms with Crippen LogP contribution in [-0.2, 0) is 22.6 Å². The molecule has 0 saturated carbocycles. The van der Waals surface area contributed by atoms with Gasteiger partial charge >= 0.3 is 0 Å². The molecule has 0 saturated heterocycles. The van der Waals surface area contributed by atoms with Crippen molar-refractivity contribution in [3.8, 4) is 11.3 Å². The van der Waals surface area contributed by atoms with E-state index >= 15 is 0 Å². The van der Waals surface area contributed by atoms with E-state index in [0.717, 1.165) is 33.3 Å². The molecule has 29 heavy (non-hydrogen) atoms. The van der Waals surface area contributed by atoms with Crippen LogP contribution in [0, 0.1) is 0 Å². The maximum atomic E-state index is 12.4. The molecule has 0 aliphatic rings. The highest BCUT2D eigenvalue weighted by atomic mass is 32.1. The minimum Gasteiger partial charge on any atom is -0.361 e. The van der Waals surface area contributed by atoms with Gasteiger partial charge in [0.25, 0.3) is 0 Å². The molecule has 0 aliphatic heterocycles. The zero-order chi connectivity index (χ0) is 20.2. The number of para-hydroxylation sites is 1. The van der Waals surface area contributed by atoms with Crippen LogP contribution in [-0.4, -0.2) is 21.8 Å². The number of thiazole rings is 1. The average Bonchev–Trinajstić information content (AvgIpc) is 3.34. The predicted octanol–water partition coefficient (Wildman–Crippen LogP) is 4.11. The third kappa shape index (κ3) is 4.52. The van der Waals surface area contributed by atoms with Crippen molar-refractivity contribution in [2.45, 2.75) is 19.9 Å². The first-order valence-electron chi connectivity index (χ1n) is 9.22. The summed E-state index contributed by atoms with van der Waals surface area (Å²) >= 11 is 1.40. The molecular weight excluding hydrogens is 384 g/mol. The summed E-state index contributed by atoms with van der Waals surface area (Å²) in [6.45, 7) is 2.00. The van der Waals surface area contributed by atoms with Crippen molar-refractivity contribution in [2.24, 2.45) is 0 Å². The van der Waals surface area contributed by atoms with E-state index < -0.39 is 0 Å². The Kier molecular flexibility index (Phi) is 5.39. The van der Waals surface area contributed by atoms with Gasteiger partial charge in [-0.2, -0.15) is 0 Å². The molecule has 6 nitrogen and oxygen atoms in total. The lowest BCUT2D eigenvalue weighted by Gasteiger charge is -2.03. The van der Waals surface area contributed by atoms with E-state index in [-0.39, 0.29) is 18.2 Å². The lowest BCUT2D eigenvalue weighted by atomic mass is 10.1. The molecule has 146 valence electrons. The lowest BCUT2D eigenvalue weighted by molar-refractivity contribution is -0.119. The van der Waals surface area contributed by atoms with Crippen LogP contribution in [0.15, 0.2) is 60.1 Å². The van der Waals surface area contributed by atoms with E-state index in [1.54, 1.807) is 0 Å². The summed E-state index contributed by atoms with van der Waals surface area (Å²) in [5.74, 6) is -0.150. The van der Waals surface area contributed by atoms with Gasteiger partial charge in [-0.1, -0.05) is 42.5 Å². The van der Waals surface area contributed by atoms with Crippen LogP contribution in [0.4, 0.5) is 5.13 Å². The zero-order valence-electron chi connectivity index (χ0n) is 15.9. The second kappa shape index (κ2) is 8.28. The molecule has 4 rings (SSSR count). The van der Waals surface area contributed by atoms with Crippen LogP contribution >= 0.6 is 11.3 Å². The first-order chi connectivity index (χ1) is 14.1. The highest BCUT2D eigenvalue weighted by Gasteiger charge is 2.11. The van der Waals surface area contributed by atoms with Crippen molar-refractivity contribution < 1.29 is 9.59 Å². The van der Waals surface area contributed by atoms with Crippen LogP contribution in [0.5, 0.6) is 0 Å². The van der Waals surface area contributed by atoms with Crippen LogP contribution in [0.3, 0.4) is 0 Å². The van der Waals surface area contributed by atoms with Crippen LogP contribution < -0.4 is 10.6 Å².